The fourth-order valence-electron chi connectivity index (χ4n) is 9.64. The molecule has 0 spiro atoms. The van der Waals surface area contributed by atoms with Gasteiger partial charge in [0.2, 0.25) is 0 Å². The Morgan fingerprint density at radius 2 is 1.70 bits per heavy atom. The molecule has 0 aromatic rings. The fourth-order valence-corrected chi connectivity index (χ4v) is 9.64. The molecule has 4 N–H and O–H groups in total. The average Bonchev–Trinajstić information content (AvgIpc) is 2.94. The van der Waals surface area contributed by atoms with Crippen LogP contribution in [0.25, 0.3) is 0 Å². The highest BCUT2D eigenvalue weighted by atomic mass is 16.7. The maximum absolute atomic E-state index is 14.5. The standard InChI is InChI=1S/C33H52O10/c1-10-21-16(3)15(2)17(4)29(42-21)40-13-24(35)43-22-11-23-32(38,14-41-23)27-19(6)33(39)12-20(34)18(5)25(30(33,7)8)26(36)28(37)31(22,27)9/h15-17,19-23,26-27,29,34,36,38-39H,10-14H2,1-9H3/t15?,16?,17?,19-,20?,21?,22?,23?,26?,27?,29?,31+,32?,33?/m0/s1. The number of carbonyl (C=O) groups is 2. The maximum Gasteiger partial charge on any atom is 0.332 e. The van der Waals surface area contributed by atoms with Crippen LogP contribution in [0, 0.1) is 40.4 Å². The molecule has 3 aliphatic carbocycles. The Labute approximate surface area is 255 Å². The molecule has 14 atom stereocenters. The molecule has 0 aromatic carbocycles. The van der Waals surface area contributed by atoms with Crippen LogP contribution < -0.4 is 0 Å². The van der Waals surface area contributed by atoms with Gasteiger partial charge in [-0.3, -0.25) is 4.79 Å². The zero-order chi connectivity index (χ0) is 32.0. The van der Waals surface area contributed by atoms with E-state index in [0.29, 0.717) is 17.4 Å². The summed E-state index contributed by atoms with van der Waals surface area (Å²) in [6.07, 6.45) is -4.27. The average molecular weight is 609 g/mol. The molecule has 5 aliphatic rings. The highest BCUT2D eigenvalue weighted by Gasteiger charge is 2.74. The van der Waals surface area contributed by atoms with Gasteiger partial charge in [-0.05, 0) is 49.2 Å². The van der Waals surface area contributed by atoms with Crippen LogP contribution in [0.1, 0.15) is 81.6 Å². The number of aliphatic hydroxyl groups is 4. The molecule has 0 aromatic heterocycles. The van der Waals surface area contributed by atoms with Gasteiger partial charge >= 0.3 is 5.97 Å². The van der Waals surface area contributed by atoms with E-state index in [-0.39, 0.29) is 43.7 Å². The third-order valence-corrected chi connectivity index (χ3v) is 12.9. The Hall–Kier alpha value is -1.40. The van der Waals surface area contributed by atoms with Crippen LogP contribution in [0.5, 0.6) is 0 Å². The summed E-state index contributed by atoms with van der Waals surface area (Å²) >= 11 is 0. The zero-order valence-corrected chi connectivity index (χ0v) is 27.1. The molecule has 0 amide bonds. The highest BCUT2D eigenvalue weighted by molar-refractivity contribution is 5.93. The number of hydrogen-bond acceptors (Lipinski definition) is 10. The van der Waals surface area contributed by atoms with Crippen LogP contribution in [0.15, 0.2) is 11.1 Å². The lowest BCUT2D eigenvalue weighted by molar-refractivity contribution is -0.337. The molecular formula is C33H52O10. The Balaban J connectivity index is 1.47. The first kappa shape index (κ1) is 33.0. The normalized spacial score (nSPS) is 51.0. The van der Waals surface area contributed by atoms with Gasteiger partial charge in [0.1, 0.15) is 24.4 Å². The van der Waals surface area contributed by atoms with Gasteiger partial charge in [-0.1, -0.05) is 48.5 Å². The van der Waals surface area contributed by atoms with Gasteiger partial charge in [0, 0.05) is 30.1 Å². The predicted molar refractivity (Wildman–Crippen MR) is 155 cm³/mol. The van der Waals surface area contributed by atoms with Crippen molar-refractivity contribution >= 4 is 11.8 Å². The molecule has 2 heterocycles. The molecular weight excluding hydrogens is 556 g/mol. The summed E-state index contributed by atoms with van der Waals surface area (Å²) in [6.45, 7) is 16.6. The van der Waals surface area contributed by atoms with E-state index in [9.17, 15) is 30.0 Å². The first-order valence-electron chi connectivity index (χ1n) is 16.0. The SMILES string of the molecule is CCC1OC(OCC(=O)OC2CC3OCC3(O)C3[C@H](C)C4(O)CC(O)C(C)=C(C(O)C(=O)[C@]23C)C4(C)C)C(C)C(C)C1C. The van der Waals surface area contributed by atoms with Crippen molar-refractivity contribution in [3.8, 4) is 0 Å². The lowest BCUT2D eigenvalue weighted by atomic mass is 9.43. The molecule has 2 bridgehead atoms. The minimum atomic E-state index is -1.68. The second-order valence-electron chi connectivity index (χ2n) is 15.0. The van der Waals surface area contributed by atoms with E-state index in [2.05, 4.69) is 20.8 Å². The largest absolute Gasteiger partial charge is 0.459 e. The molecule has 2 saturated carbocycles. The molecule has 2 aliphatic heterocycles. The quantitative estimate of drug-likeness (QED) is 0.271. The molecule has 10 heteroatoms. The van der Waals surface area contributed by atoms with E-state index in [0.717, 1.165) is 6.42 Å². The molecule has 5 rings (SSSR count). The van der Waals surface area contributed by atoms with Gasteiger partial charge in [0.15, 0.2) is 12.1 Å². The van der Waals surface area contributed by atoms with Crippen LogP contribution in [-0.2, 0) is 28.5 Å². The van der Waals surface area contributed by atoms with Crippen molar-refractivity contribution in [3.63, 3.8) is 0 Å². The minimum absolute atomic E-state index is 0.0139. The van der Waals surface area contributed by atoms with Gasteiger partial charge in [0.05, 0.1) is 35.9 Å². The topological polar surface area (TPSA) is 152 Å². The fraction of sp³-hybridized carbons (Fsp3) is 0.879. The molecule has 2 saturated heterocycles. The molecule has 244 valence electrons. The van der Waals surface area contributed by atoms with E-state index >= 15 is 0 Å². The Morgan fingerprint density at radius 3 is 2.28 bits per heavy atom. The number of rotatable bonds is 5. The Morgan fingerprint density at radius 1 is 1.05 bits per heavy atom. The summed E-state index contributed by atoms with van der Waals surface area (Å²) in [6, 6.07) is 0. The second-order valence-corrected chi connectivity index (χ2v) is 15.0. The number of esters is 1. The van der Waals surface area contributed by atoms with Gasteiger partial charge in [-0.15, -0.1) is 0 Å². The minimum Gasteiger partial charge on any atom is -0.459 e. The van der Waals surface area contributed by atoms with E-state index in [1.54, 1.807) is 34.6 Å². The monoisotopic (exact) mass is 608 g/mol. The number of aliphatic hydroxyl groups excluding tert-OH is 2. The lowest BCUT2D eigenvalue weighted by Gasteiger charge is -2.67. The Kier molecular flexibility index (Phi) is 8.32. The summed E-state index contributed by atoms with van der Waals surface area (Å²) < 4.78 is 23.9. The summed E-state index contributed by atoms with van der Waals surface area (Å²) in [4.78, 5) is 27.9. The number of ether oxygens (including phenoxy) is 4. The molecule has 43 heavy (non-hydrogen) atoms. The molecule has 4 fully saturated rings. The van der Waals surface area contributed by atoms with Crippen LogP contribution >= 0.6 is 0 Å². The van der Waals surface area contributed by atoms with E-state index in [4.69, 9.17) is 18.9 Å². The third-order valence-electron chi connectivity index (χ3n) is 12.9. The van der Waals surface area contributed by atoms with Crippen LogP contribution in [0.2, 0.25) is 0 Å². The first-order chi connectivity index (χ1) is 19.9. The van der Waals surface area contributed by atoms with Crippen molar-refractivity contribution in [2.45, 2.75) is 130 Å². The van der Waals surface area contributed by atoms with E-state index < -0.39 is 76.3 Å². The zero-order valence-electron chi connectivity index (χ0n) is 27.1. The van der Waals surface area contributed by atoms with Crippen molar-refractivity contribution in [1.82, 2.24) is 0 Å². The number of fused-ring (bicyclic) bond motifs is 5. The van der Waals surface area contributed by atoms with Crippen LogP contribution in [0.3, 0.4) is 0 Å². The van der Waals surface area contributed by atoms with Gasteiger partial charge in [-0.2, -0.15) is 0 Å². The van der Waals surface area contributed by atoms with Crippen molar-refractivity contribution in [1.29, 1.82) is 0 Å². The van der Waals surface area contributed by atoms with Gasteiger partial charge in [0.25, 0.3) is 0 Å². The van der Waals surface area contributed by atoms with Crippen molar-refractivity contribution in [2.24, 2.45) is 40.4 Å². The van der Waals surface area contributed by atoms with E-state index in [1.165, 1.54) is 0 Å². The van der Waals surface area contributed by atoms with Crippen molar-refractivity contribution in [2.75, 3.05) is 13.2 Å². The van der Waals surface area contributed by atoms with Crippen molar-refractivity contribution in [3.05, 3.63) is 11.1 Å². The smallest absolute Gasteiger partial charge is 0.332 e. The summed E-state index contributed by atoms with van der Waals surface area (Å²) in [5.74, 6) is -2.26. The number of Topliss-reactive ketones (excluding diaryl/α,β-unsaturated/α-hetero) is 1. The first-order valence-corrected chi connectivity index (χ1v) is 16.0. The molecule has 10 nitrogen and oxygen atoms in total. The summed E-state index contributed by atoms with van der Waals surface area (Å²) in [5, 5.41) is 47.1. The summed E-state index contributed by atoms with van der Waals surface area (Å²) in [5.41, 5.74) is -5.05. The van der Waals surface area contributed by atoms with E-state index in [1.807, 2.05) is 6.92 Å². The number of carbonyl (C=O) groups excluding carboxylic acids is 2. The van der Waals surface area contributed by atoms with Crippen molar-refractivity contribution < 1.29 is 49.0 Å². The van der Waals surface area contributed by atoms with Crippen LogP contribution in [-0.4, -0.2) is 93.4 Å². The predicted octanol–water partition coefficient (Wildman–Crippen LogP) is 2.53. The van der Waals surface area contributed by atoms with Gasteiger partial charge < -0.3 is 39.4 Å². The third kappa shape index (κ3) is 4.53. The summed E-state index contributed by atoms with van der Waals surface area (Å²) in [7, 11) is 0. The lowest BCUT2D eigenvalue weighted by Crippen LogP contribution is -2.79. The molecule has 0 radical (unpaired) electrons. The number of hydrogen-bond donors (Lipinski definition) is 4. The number of ketones is 1. The highest BCUT2D eigenvalue weighted by Crippen LogP contribution is 2.64. The second kappa shape index (κ2) is 10.9. The van der Waals surface area contributed by atoms with Crippen LogP contribution in [0.4, 0.5) is 0 Å². The molecule has 12 unspecified atom stereocenters. The maximum atomic E-state index is 14.5. The van der Waals surface area contributed by atoms with Gasteiger partial charge in [-0.25, -0.2) is 4.79 Å². The Bertz CT molecular complexity index is 1160.